The van der Waals surface area contributed by atoms with Crippen LogP contribution in [0.5, 0.6) is 23.0 Å². The SMILES string of the molecule is CCC1=C2c3cc4c(cc3CCN2C(Cl)c2c1ccc(OC)c2OC)OCO4. The predicted octanol–water partition coefficient (Wildman–Crippen LogP) is 4.82. The molecule has 2 aromatic rings. The lowest BCUT2D eigenvalue weighted by molar-refractivity contribution is 0.174. The van der Waals surface area contributed by atoms with E-state index in [1.807, 2.05) is 6.07 Å². The summed E-state index contributed by atoms with van der Waals surface area (Å²) in [6, 6.07) is 8.26. The van der Waals surface area contributed by atoms with Crippen LogP contribution in [0.4, 0.5) is 0 Å². The number of hydrogen-bond donors (Lipinski definition) is 0. The molecule has 0 amide bonds. The van der Waals surface area contributed by atoms with Crippen LogP contribution in [0.3, 0.4) is 0 Å². The Morgan fingerprint density at radius 3 is 2.61 bits per heavy atom. The summed E-state index contributed by atoms with van der Waals surface area (Å²) in [5.74, 6) is 3.04. The first kappa shape index (κ1) is 17.6. The van der Waals surface area contributed by atoms with Gasteiger partial charge in [-0.2, -0.15) is 0 Å². The van der Waals surface area contributed by atoms with E-state index in [1.165, 1.54) is 22.4 Å². The maximum Gasteiger partial charge on any atom is 0.231 e. The number of halogens is 1. The molecule has 0 spiro atoms. The summed E-state index contributed by atoms with van der Waals surface area (Å²) < 4.78 is 22.4. The van der Waals surface area contributed by atoms with E-state index in [2.05, 4.69) is 30.0 Å². The summed E-state index contributed by atoms with van der Waals surface area (Å²) in [5.41, 5.74) is 6.66. The monoisotopic (exact) mass is 399 g/mol. The highest BCUT2D eigenvalue weighted by molar-refractivity contribution is 6.22. The van der Waals surface area contributed by atoms with E-state index in [-0.39, 0.29) is 12.3 Å². The summed E-state index contributed by atoms with van der Waals surface area (Å²) in [4.78, 5) is 2.27. The van der Waals surface area contributed by atoms with Crippen molar-refractivity contribution < 1.29 is 18.9 Å². The fourth-order valence-corrected chi connectivity index (χ4v) is 4.98. The number of alkyl halides is 1. The Bertz CT molecular complexity index is 1000. The molecule has 146 valence electrons. The number of hydrogen-bond acceptors (Lipinski definition) is 5. The average molecular weight is 400 g/mol. The molecule has 6 heteroatoms. The van der Waals surface area contributed by atoms with Crippen molar-refractivity contribution in [3.05, 3.63) is 46.5 Å². The maximum absolute atomic E-state index is 7.04. The minimum Gasteiger partial charge on any atom is -0.493 e. The van der Waals surface area contributed by atoms with Crippen LogP contribution < -0.4 is 18.9 Å². The van der Waals surface area contributed by atoms with E-state index in [9.17, 15) is 0 Å². The highest BCUT2D eigenvalue weighted by atomic mass is 35.5. The van der Waals surface area contributed by atoms with Gasteiger partial charge in [0.25, 0.3) is 0 Å². The largest absolute Gasteiger partial charge is 0.493 e. The van der Waals surface area contributed by atoms with Gasteiger partial charge < -0.3 is 23.8 Å². The standard InChI is InChI=1S/C22H22ClNO4/c1-4-13-14-5-6-16(25-2)21(26-3)19(14)22(23)24-8-7-12-9-17-18(28-11-27-17)10-15(12)20(13)24/h5-6,9-10,22H,4,7-8,11H2,1-3H3. The lowest BCUT2D eigenvalue weighted by Gasteiger charge is -2.43. The van der Waals surface area contributed by atoms with Crippen LogP contribution in [0, 0.1) is 0 Å². The molecule has 0 saturated heterocycles. The first-order valence-corrected chi connectivity index (χ1v) is 9.93. The van der Waals surface area contributed by atoms with Gasteiger partial charge in [0.05, 0.1) is 14.2 Å². The summed E-state index contributed by atoms with van der Waals surface area (Å²) in [7, 11) is 3.32. The zero-order valence-corrected chi connectivity index (χ0v) is 16.9. The average Bonchev–Trinajstić information content (AvgIpc) is 3.18. The second kappa shape index (κ2) is 6.52. The Morgan fingerprint density at radius 2 is 1.89 bits per heavy atom. The molecule has 5 rings (SSSR count). The van der Waals surface area contributed by atoms with Crippen molar-refractivity contribution in [1.82, 2.24) is 4.90 Å². The molecular formula is C22H22ClNO4. The van der Waals surface area contributed by atoms with Crippen LogP contribution >= 0.6 is 11.6 Å². The maximum atomic E-state index is 7.04. The van der Waals surface area contributed by atoms with E-state index in [4.69, 9.17) is 30.5 Å². The molecule has 3 aliphatic heterocycles. The number of ether oxygens (including phenoxy) is 4. The highest BCUT2D eigenvalue weighted by Crippen LogP contribution is 2.54. The molecule has 0 fully saturated rings. The molecule has 0 N–H and O–H groups in total. The molecule has 5 nitrogen and oxygen atoms in total. The second-order valence-electron chi connectivity index (χ2n) is 7.08. The molecule has 0 bridgehead atoms. The van der Waals surface area contributed by atoms with E-state index < -0.39 is 0 Å². The quantitative estimate of drug-likeness (QED) is 0.546. The molecule has 0 radical (unpaired) electrons. The third kappa shape index (κ3) is 2.32. The van der Waals surface area contributed by atoms with Crippen molar-refractivity contribution in [2.24, 2.45) is 0 Å². The molecule has 3 heterocycles. The molecule has 0 saturated carbocycles. The van der Waals surface area contributed by atoms with Crippen molar-refractivity contribution in [3.8, 4) is 23.0 Å². The zero-order valence-electron chi connectivity index (χ0n) is 16.2. The van der Waals surface area contributed by atoms with Gasteiger partial charge in [-0.25, -0.2) is 0 Å². The van der Waals surface area contributed by atoms with Gasteiger partial charge in [0, 0.05) is 23.4 Å². The number of nitrogens with zero attached hydrogens (tertiary/aromatic N) is 1. The fourth-order valence-electron chi connectivity index (χ4n) is 4.57. The van der Waals surface area contributed by atoms with Gasteiger partial charge in [0.2, 0.25) is 6.79 Å². The summed E-state index contributed by atoms with van der Waals surface area (Å²) in [6.45, 7) is 3.29. The van der Waals surface area contributed by atoms with E-state index >= 15 is 0 Å². The summed E-state index contributed by atoms with van der Waals surface area (Å²) >= 11 is 7.04. The molecule has 0 aliphatic carbocycles. The smallest absolute Gasteiger partial charge is 0.231 e. The number of benzene rings is 2. The van der Waals surface area contributed by atoms with Gasteiger partial charge in [-0.05, 0) is 47.7 Å². The van der Waals surface area contributed by atoms with Gasteiger partial charge >= 0.3 is 0 Å². The number of rotatable bonds is 3. The molecule has 2 aromatic carbocycles. The Morgan fingerprint density at radius 1 is 1.11 bits per heavy atom. The van der Waals surface area contributed by atoms with Gasteiger partial charge in [-0.15, -0.1) is 0 Å². The Kier molecular flexibility index (Phi) is 4.09. The lowest BCUT2D eigenvalue weighted by Crippen LogP contribution is -2.35. The van der Waals surface area contributed by atoms with Crippen LogP contribution in [0.25, 0.3) is 11.3 Å². The Balaban J connectivity index is 1.78. The molecular weight excluding hydrogens is 378 g/mol. The normalized spacial score (nSPS) is 19.1. The summed E-state index contributed by atoms with van der Waals surface area (Å²) in [6.07, 6.45) is 1.78. The highest BCUT2D eigenvalue weighted by Gasteiger charge is 2.38. The third-order valence-corrected chi connectivity index (χ3v) is 6.28. The van der Waals surface area contributed by atoms with Crippen molar-refractivity contribution in [2.75, 3.05) is 27.6 Å². The first-order chi connectivity index (χ1) is 13.7. The third-order valence-electron chi connectivity index (χ3n) is 5.82. The van der Waals surface area contributed by atoms with E-state index in [0.29, 0.717) is 11.5 Å². The van der Waals surface area contributed by atoms with Crippen molar-refractivity contribution >= 4 is 22.9 Å². The van der Waals surface area contributed by atoms with E-state index in [1.54, 1.807) is 14.2 Å². The first-order valence-electron chi connectivity index (χ1n) is 9.49. The van der Waals surface area contributed by atoms with Crippen molar-refractivity contribution in [1.29, 1.82) is 0 Å². The molecule has 28 heavy (non-hydrogen) atoms. The van der Waals surface area contributed by atoms with Gasteiger partial charge in [-0.1, -0.05) is 24.6 Å². The van der Waals surface area contributed by atoms with Crippen LogP contribution in [0.15, 0.2) is 24.3 Å². The number of allylic oxidation sites excluding steroid dienone is 1. The second-order valence-corrected chi connectivity index (χ2v) is 7.50. The number of methoxy groups -OCH3 is 2. The molecule has 3 aliphatic rings. The van der Waals surface area contributed by atoms with Crippen LogP contribution in [-0.4, -0.2) is 32.5 Å². The van der Waals surface area contributed by atoms with Crippen molar-refractivity contribution in [3.63, 3.8) is 0 Å². The van der Waals surface area contributed by atoms with Gasteiger partial charge in [0.15, 0.2) is 23.0 Å². The predicted molar refractivity (Wildman–Crippen MR) is 108 cm³/mol. The molecule has 1 atom stereocenters. The zero-order chi connectivity index (χ0) is 19.4. The van der Waals surface area contributed by atoms with Crippen LogP contribution in [0.1, 0.15) is 41.1 Å². The summed E-state index contributed by atoms with van der Waals surface area (Å²) in [5, 5.41) is 0. The van der Waals surface area contributed by atoms with E-state index in [0.717, 1.165) is 42.0 Å². The van der Waals surface area contributed by atoms with Crippen LogP contribution in [0.2, 0.25) is 0 Å². The Hall–Kier alpha value is -2.53. The van der Waals surface area contributed by atoms with Crippen molar-refractivity contribution in [2.45, 2.75) is 25.3 Å². The lowest BCUT2D eigenvalue weighted by atomic mass is 9.84. The van der Waals surface area contributed by atoms with Gasteiger partial charge in [-0.3, -0.25) is 0 Å². The Labute approximate surface area is 169 Å². The topological polar surface area (TPSA) is 40.2 Å². The number of fused-ring (bicyclic) bond motifs is 5. The van der Waals surface area contributed by atoms with Gasteiger partial charge in [0.1, 0.15) is 5.50 Å². The fraction of sp³-hybridized carbons (Fsp3) is 0.364. The molecule has 1 unspecified atom stereocenters. The van der Waals surface area contributed by atoms with Crippen LogP contribution in [-0.2, 0) is 6.42 Å². The minimum atomic E-state index is -0.330. The minimum absolute atomic E-state index is 0.277. The molecule has 0 aromatic heterocycles.